The van der Waals surface area contributed by atoms with Gasteiger partial charge in [-0.1, -0.05) is 50.6 Å². The second-order valence-electron chi connectivity index (χ2n) is 9.02. The molecule has 158 valence electrons. The summed E-state index contributed by atoms with van der Waals surface area (Å²) in [5.74, 6) is -0.0822. The Kier molecular flexibility index (Phi) is 5.32. The van der Waals surface area contributed by atoms with Crippen LogP contribution in [0.15, 0.2) is 36.4 Å². The first-order chi connectivity index (χ1) is 14.1. The number of carbonyl (C=O) groups excluding carboxylic acids is 1. The molecule has 0 radical (unpaired) electrons. The number of rotatable bonds is 2. The monoisotopic (exact) mass is 426 g/mol. The Bertz CT molecular complexity index is 1090. The van der Waals surface area contributed by atoms with E-state index in [-0.39, 0.29) is 23.5 Å². The molecule has 1 amide bonds. The molecule has 6 nitrogen and oxygen atoms in total. The average Bonchev–Trinajstić information content (AvgIpc) is 3.11. The van der Waals surface area contributed by atoms with Crippen molar-refractivity contribution in [2.45, 2.75) is 52.2 Å². The third-order valence-corrected chi connectivity index (χ3v) is 5.60. The van der Waals surface area contributed by atoms with Crippen molar-refractivity contribution in [3.63, 3.8) is 0 Å². The van der Waals surface area contributed by atoms with Gasteiger partial charge in [0.05, 0.1) is 23.6 Å². The predicted molar refractivity (Wildman–Crippen MR) is 118 cm³/mol. The summed E-state index contributed by atoms with van der Waals surface area (Å²) in [4.78, 5) is 20.2. The van der Waals surface area contributed by atoms with E-state index in [1.54, 1.807) is 10.6 Å². The van der Waals surface area contributed by atoms with Crippen molar-refractivity contribution in [3.8, 4) is 11.3 Å². The number of fused-ring (bicyclic) bond motifs is 1. The molecule has 2 atom stereocenters. The van der Waals surface area contributed by atoms with Crippen molar-refractivity contribution in [2.24, 2.45) is 0 Å². The minimum Gasteiger partial charge on any atom is -0.372 e. The highest BCUT2D eigenvalue weighted by Crippen LogP contribution is 2.29. The Labute approximate surface area is 181 Å². The Morgan fingerprint density at radius 3 is 2.43 bits per heavy atom. The van der Waals surface area contributed by atoms with Crippen LogP contribution in [0.25, 0.3) is 16.9 Å². The largest absolute Gasteiger partial charge is 0.372 e. The molecule has 1 fully saturated rings. The summed E-state index contributed by atoms with van der Waals surface area (Å²) in [6, 6.07) is 11.3. The Morgan fingerprint density at radius 1 is 1.13 bits per heavy atom. The number of morpholine rings is 1. The highest BCUT2D eigenvalue weighted by molar-refractivity contribution is 6.33. The quantitative estimate of drug-likeness (QED) is 0.601. The summed E-state index contributed by atoms with van der Waals surface area (Å²) < 4.78 is 7.46. The maximum absolute atomic E-state index is 13.6. The van der Waals surface area contributed by atoms with E-state index in [4.69, 9.17) is 26.4 Å². The van der Waals surface area contributed by atoms with Gasteiger partial charge in [-0.2, -0.15) is 5.10 Å². The van der Waals surface area contributed by atoms with Crippen molar-refractivity contribution in [2.75, 3.05) is 13.1 Å². The van der Waals surface area contributed by atoms with Crippen LogP contribution in [0.3, 0.4) is 0 Å². The van der Waals surface area contributed by atoms with Gasteiger partial charge in [0, 0.05) is 35.2 Å². The number of aromatic nitrogens is 3. The van der Waals surface area contributed by atoms with Gasteiger partial charge in [0.15, 0.2) is 5.65 Å². The number of benzene rings is 1. The molecule has 4 rings (SSSR count). The molecule has 0 aliphatic carbocycles. The lowest BCUT2D eigenvalue weighted by molar-refractivity contribution is -0.0588. The second-order valence-corrected chi connectivity index (χ2v) is 9.43. The lowest BCUT2D eigenvalue weighted by Crippen LogP contribution is -2.48. The molecule has 0 saturated carbocycles. The first-order valence-corrected chi connectivity index (χ1v) is 10.6. The van der Waals surface area contributed by atoms with Crippen LogP contribution in [0.1, 0.15) is 50.8 Å². The van der Waals surface area contributed by atoms with E-state index in [0.717, 1.165) is 11.3 Å². The number of amides is 1. The molecule has 0 bridgehead atoms. The van der Waals surface area contributed by atoms with E-state index >= 15 is 0 Å². The van der Waals surface area contributed by atoms with Crippen molar-refractivity contribution in [1.82, 2.24) is 19.5 Å². The molecule has 1 aliphatic rings. The standard InChI is InChI=1S/C23H27ClN4O2/c1-14-12-27(13-15(2)30-14)22(29)19-10-18(16-8-6-7-9-17(16)24)25-21-11-20(23(3,4)5)26-28(19)21/h6-11,14-15H,12-13H2,1-5H3. The number of halogens is 1. The predicted octanol–water partition coefficient (Wildman–Crippen LogP) is 4.60. The molecule has 7 heteroatoms. The van der Waals surface area contributed by atoms with Crippen LogP contribution in [0, 0.1) is 0 Å². The normalized spacial score (nSPS) is 20.0. The highest BCUT2D eigenvalue weighted by Gasteiger charge is 2.29. The van der Waals surface area contributed by atoms with Gasteiger partial charge in [-0.25, -0.2) is 9.50 Å². The molecule has 1 aromatic carbocycles. The zero-order chi connectivity index (χ0) is 21.6. The van der Waals surface area contributed by atoms with Crippen molar-refractivity contribution in [1.29, 1.82) is 0 Å². The highest BCUT2D eigenvalue weighted by atomic mass is 35.5. The third kappa shape index (κ3) is 3.94. The molecular weight excluding hydrogens is 400 g/mol. The topological polar surface area (TPSA) is 59.7 Å². The lowest BCUT2D eigenvalue weighted by Gasteiger charge is -2.35. The van der Waals surface area contributed by atoms with Gasteiger partial charge in [-0.15, -0.1) is 0 Å². The molecule has 0 N–H and O–H groups in total. The SMILES string of the molecule is CC1CN(C(=O)c2cc(-c3ccccc3Cl)nc3cc(C(C)(C)C)nn23)CC(C)O1. The zero-order valence-electron chi connectivity index (χ0n) is 18.0. The van der Waals surface area contributed by atoms with Crippen LogP contribution in [0.4, 0.5) is 0 Å². The summed E-state index contributed by atoms with van der Waals surface area (Å²) in [5, 5.41) is 5.33. The number of nitrogens with zero attached hydrogens (tertiary/aromatic N) is 4. The van der Waals surface area contributed by atoms with Gasteiger partial charge < -0.3 is 9.64 Å². The third-order valence-electron chi connectivity index (χ3n) is 5.27. The van der Waals surface area contributed by atoms with Crippen molar-refractivity contribution in [3.05, 3.63) is 52.8 Å². The first kappa shape index (κ1) is 20.8. The second kappa shape index (κ2) is 7.67. The first-order valence-electron chi connectivity index (χ1n) is 10.2. The van der Waals surface area contributed by atoms with Crippen molar-refractivity contribution < 1.29 is 9.53 Å². The number of hydrogen-bond acceptors (Lipinski definition) is 4. The molecule has 0 spiro atoms. The minimum atomic E-state index is -0.166. The van der Waals surface area contributed by atoms with Crippen LogP contribution in [0.5, 0.6) is 0 Å². The summed E-state index contributed by atoms with van der Waals surface area (Å²) >= 11 is 6.43. The van der Waals surface area contributed by atoms with E-state index in [1.807, 2.05) is 49.1 Å². The van der Waals surface area contributed by atoms with Gasteiger partial charge >= 0.3 is 0 Å². The maximum Gasteiger partial charge on any atom is 0.272 e. The van der Waals surface area contributed by atoms with E-state index in [0.29, 0.717) is 35.1 Å². The number of ether oxygens (including phenoxy) is 1. The van der Waals surface area contributed by atoms with Crippen LogP contribution in [0.2, 0.25) is 5.02 Å². The van der Waals surface area contributed by atoms with Gasteiger partial charge in [-0.3, -0.25) is 4.79 Å². The Hall–Kier alpha value is -2.44. The summed E-state index contributed by atoms with van der Waals surface area (Å²) in [6.07, 6.45) is -0.0263. The maximum atomic E-state index is 13.6. The number of hydrogen-bond donors (Lipinski definition) is 0. The van der Waals surface area contributed by atoms with E-state index in [2.05, 4.69) is 20.8 Å². The molecule has 3 aromatic rings. The zero-order valence-corrected chi connectivity index (χ0v) is 18.8. The van der Waals surface area contributed by atoms with E-state index in [9.17, 15) is 4.79 Å². The lowest BCUT2D eigenvalue weighted by atomic mass is 9.93. The van der Waals surface area contributed by atoms with Crippen molar-refractivity contribution >= 4 is 23.2 Å². The van der Waals surface area contributed by atoms with Gasteiger partial charge in [0.2, 0.25) is 0 Å². The molecular formula is C23H27ClN4O2. The van der Waals surface area contributed by atoms with Crippen LogP contribution in [-0.4, -0.2) is 50.7 Å². The van der Waals surface area contributed by atoms with E-state index in [1.165, 1.54) is 0 Å². The Morgan fingerprint density at radius 2 is 1.80 bits per heavy atom. The summed E-state index contributed by atoms with van der Waals surface area (Å²) in [5.41, 5.74) is 3.27. The Balaban J connectivity index is 1.88. The molecule has 3 heterocycles. The average molecular weight is 427 g/mol. The van der Waals surface area contributed by atoms with Gasteiger partial charge in [-0.05, 0) is 26.0 Å². The van der Waals surface area contributed by atoms with Crippen LogP contribution >= 0.6 is 11.6 Å². The van der Waals surface area contributed by atoms with Crippen LogP contribution in [-0.2, 0) is 10.2 Å². The smallest absolute Gasteiger partial charge is 0.272 e. The summed E-state index contributed by atoms with van der Waals surface area (Å²) in [6.45, 7) is 11.3. The van der Waals surface area contributed by atoms with Gasteiger partial charge in [0.25, 0.3) is 5.91 Å². The molecule has 1 aliphatic heterocycles. The molecule has 30 heavy (non-hydrogen) atoms. The van der Waals surface area contributed by atoms with Crippen LogP contribution < -0.4 is 0 Å². The minimum absolute atomic E-state index is 0.0131. The fourth-order valence-electron chi connectivity index (χ4n) is 3.81. The molecule has 1 saturated heterocycles. The molecule has 2 unspecified atom stereocenters. The fourth-order valence-corrected chi connectivity index (χ4v) is 4.04. The number of carbonyl (C=O) groups is 1. The van der Waals surface area contributed by atoms with E-state index < -0.39 is 0 Å². The van der Waals surface area contributed by atoms with Gasteiger partial charge in [0.1, 0.15) is 5.69 Å². The molecule has 2 aromatic heterocycles. The summed E-state index contributed by atoms with van der Waals surface area (Å²) in [7, 11) is 0. The fraction of sp³-hybridized carbons (Fsp3) is 0.435.